The lowest BCUT2D eigenvalue weighted by atomic mass is 9.83. The molecule has 1 N–H and O–H groups in total. The monoisotopic (exact) mass is 176 g/mol. The van der Waals surface area contributed by atoms with Crippen LogP contribution in [-0.4, -0.2) is 10.9 Å². The number of phenolic OH excluding ortho intramolecular Hbond substituents is 1. The van der Waals surface area contributed by atoms with E-state index in [0.29, 0.717) is 18.6 Å². The summed E-state index contributed by atoms with van der Waals surface area (Å²) >= 11 is 0. The summed E-state index contributed by atoms with van der Waals surface area (Å²) in [6.45, 7) is 1.90. The topological polar surface area (TPSA) is 37.3 Å². The Morgan fingerprint density at radius 3 is 2.92 bits per heavy atom. The van der Waals surface area contributed by atoms with E-state index in [4.69, 9.17) is 0 Å². The van der Waals surface area contributed by atoms with E-state index in [9.17, 15) is 9.90 Å². The van der Waals surface area contributed by atoms with Gasteiger partial charge in [-0.25, -0.2) is 0 Å². The predicted molar refractivity (Wildman–Crippen MR) is 49.8 cm³/mol. The van der Waals surface area contributed by atoms with Crippen molar-refractivity contribution in [2.24, 2.45) is 0 Å². The second-order valence-corrected chi connectivity index (χ2v) is 3.53. The fourth-order valence-electron chi connectivity index (χ4n) is 1.91. The number of aromatic hydroxyl groups is 1. The molecule has 1 aliphatic carbocycles. The molecule has 0 saturated carbocycles. The van der Waals surface area contributed by atoms with Crippen molar-refractivity contribution in [3.63, 3.8) is 0 Å². The number of carbonyl (C=O) groups is 1. The summed E-state index contributed by atoms with van der Waals surface area (Å²) in [5, 5.41) is 9.55. The maximum absolute atomic E-state index is 11.4. The molecule has 68 valence electrons. The van der Waals surface area contributed by atoms with Crippen LogP contribution in [-0.2, 0) is 11.2 Å². The SMILES string of the molecule is CC1C(=O)CCc2c(O)cccc21. The largest absolute Gasteiger partial charge is 0.508 e. The van der Waals surface area contributed by atoms with Crippen LogP contribution in [0.5, 0.6) is 5.75 Å². The molecule has 1 aromatic rings. The van der Waals surface area contributed by atoms with Gasteiger partial charge in [-0.3, -0.25) is 4.79 Å². The van der Waals surface area contributed by atoms with E-state index in [1.54, 1.807) is 12.1 Å². The van der Waals surface area contributed by atoms with Crippen LogP contribution in [0.1, 0.15) is 30.4 Å². The number of phenols is 1. The van der Waals surface area contributed by atoms with E-state index >= 15 is 0 Å². The van der Waals surface area contributed by atoms with E-state index in [1.165, 1.54) is 0 Å². The molecule has 1 aliphatic rings. The minimum absolute atomic E-state index is 0.0455. The zero-order chi connectivity index (χ0) is 9.42. The Hall–Kier alpha value is -1.31. The smallest absolute Gasteiger partial charge is 0.140 e. The first kappa shape index (κ1) is 8.30. The molecular weight excluding hydrogens is 164 g/mol. The van der Waals surface area contributed by atoms with E-state index in [1.807, 2.05) is 13.0 Å². The Labute approximate surface area is 77.2 Å². The van der Waals surface area contributed by atoms with Gasteiger partial charge in [0, 0.05) is 12.3 Å². The van der Waals surface area contributed by atoms with Crippen LogP contribution in [0, 0.1) is 0 Å². The molecular formula is C11H12O2. The van der Waals surface area contributed by atoms with Crippen molar-refractivity contribution in [2.75, 3.05) is 0 Å². The molecule has 1 aromatic carbocycles. The highest BCUT2D eigenvalue weighted by Gasteiger charge is 2.24. The van der Waals surface area contributed by atoms with Crippen LogP contribution in [0.15, 0.2) is 18.2 Å². The molecule has 1 atom stereocenters. The van der Waals surface area contributed by atoms with Crippen molar-refractivity contribution in [1.29, 1.82) is 0 Å². The standard InChI is InChI=1S/C11H12O2/c1-7-8-3-2-4-11(13)9(8)5-6-10(7)12/h2-4,7,13H,5-6H2,1H3. The average molecular weight is 176 g/mol. The normalized spacial score (nSPS) is 21.3. The van der Waals surface area contributed by atoms with Crippen molar-refractivity contribution in [3.8, 4) is 5.75 Å². The molecule has 0 heterocycles. The summed E-state index contributed by atoms with van der Waals surface area (Å²) in [7, 11) is 0. The molecule has 1 unspecified atom stereocenters. The van der Waals surface area contributed by atoms with E-state index in [0.717, 1.165) is 11.1 Å². The zero-order valence-corrected chi connectivity index (χ0v) is 7.58. The van der Waals surface area contributed by atoms with Gasteiger partial charge in [-0.2, -0.15) is 0 Å². The fraction of sp³-hybridized carbons (Fsp3) is 0.364. The third kappa shape index (κ3) is 1.22. The summed E-state index contributed by atoms with van der Waals surface area (Å²) in [6.07, 6.45) is 1.25. The summed E-state index contributed by atoms with van der Waals surface area (Å²) < 4.78 is 0. The molecule has 2 rings (SSSR count). The number of carbonyl (C=O) groups excluding carboxylic acids is 1. The maximum Gasteiger partial charge on any atom is 0.140 e. The highest BCUT2D eigenvalue weighted by atomic mass is 16.3. The molecule has 0 fully saturated rings. The summed E-state index contributed by atoms with van der Waals surface area (Å²) in [4.78, 5) is 11.4. The highest BCUT2D eigenvalue weighted by molar-refractivity contribution is 5.88. The molecule has 0 amide bonds. The maximum atomic E-state index is 11.4. The lowest BCUT2D eigenvalue weighted by Gasteiger charge is -2.21. The highest BCUT2D eigenvalue weighted by Crippen LogP contribution is 2.33. The minimum Gasteiger partial charge on any atom is -0.508 e. The Bertz CT molecular complexity index is 355. The number of rotatable bonds is 0. The van der Waals surface area contributed by atoms with Crippen molar-refractivity contribution >= 4 is 5.78 Å². The number of hydrogen-bond donors (Lipinski definition) is 1. The first-order chi connectivity index (χ1) is 6.20. The number of Topliss-reactive ketones (excluding diaryl/α,β-unsaturated/α-hetero) is 1. The van der Waals surface area contributed by atoms with E-state index in [-0.39, 0.29) is 11.7 Å². The fourth-order valence-corrected chi connectivity index (χ4v) is 1.91. The summed E-state index contributed by atoms with van der Waals surface area (Å²) in [5.41, 5.74) is 1.95. The van der Waals surface area contributed by atoms with Crippen LogP contribution in [0.25, 0.3) is 0 Å². The van der Waals surface area contributed by atoms with Gasteiger partial charge in [0.2, 0.25) is 0 Å². The molecule has 0 saturated heterocycles. The van der Waals surface area contributed by atoms with Crippen molar-refractivity contribution in [2.45, 2.75) is 25.7 Å². The minimum atomic E-state index is -0.0455. The van der Waals surface area contributed by atoms with Gasteiger partial charge in [-0.15, -0.1) is 0 Å². The van der Waals surface area contributed by atoms with Gasteiger partial charge < -0.3 is 5.11 Å². The van der Waals surface area contributed by atoms with Gasteiger partial charge in [0.25, 0.3) is 0 Å². The lowest BCUT2D eigenvalue weighted by Crippen LogP contribution is -2.17. The first-order valence-electron chi connectivity index (χ1n) is 4.53. The molecule has 0 radical (unpaired) electrons. The summed E-state index contributed by atoms with van der Waals surface area (Å²) in [6, 6.07) is 5.40. The Kier molecular flexibility index (Phi) is 1.83. The first-order valence-corrected chi connectivity index (χ1v) is 4.53. The number of benzene rings is 1. The van der Waals surface area contributed by atoms with Crippen LogP contribution < -0.4 is 0 Å². The van der Waals surface area contributed by atoms with E-state index < -0.39 is 0 Å². The quantitative estimate of drug-likeness (QED) is 0.656. The molecule has 13 heavy (non-hydrogen) atoms. The molecule has 0 aromatic heterocycles. The molecule has 2 nitrogen and oxygen atoms in total. The molecule has 0 bridgehead atoms. The third-order valence-corrected chi connectivity index (χ3v) is 2.76. The molecule has 0 aliphatic heterocycles. The Balaban J connectivity index is 2.55. The number of fused-ring (bicyclic) bond motifs is 1. The Morgan fingerprint density at radius 1 is 1.38 bits per heavy atom. The second kappa shape index (κ2) is 2.87. The van der Waals surface area contributed by atoms with E-state index in [2.05, 4.69) is 0 Å². The van der Waals surface area contributed by atoms with Crippen LogP contribution >= 0.6 is 0 Å². The third-order valence-electron chi connectivity index (χ3n) is 2.76. The van der Waals surface area contributed by atoms with Gasteiger partial charge in [0.05, 0.1) is 0 Å². The zero-order valence-electron chi connectivity index (χ0n) is 7.58. The van der Waals surface area contributed by atoms with Gasteiger partial charge in [-0.1, -0.05) is 19.1 Å². The van der Waals surface area contributed by atoms with Gasteiger partial charge in [0.15, 0.2) is 0 Å². The van der Waals surface area contributed by atoms with Gasteiger partial charge in [0.1, 0.15) is 11.5 Å². The molecule has 2 heteroatoms. The van der Waals surface area contributed by atoms with Crippen molar-refractivity contribution < 1.29 is 9.90 Å². The van der Waals surface area contributed by atoms with Gasteiger partial charge >= 0.3 is 0 Å². The van der Waals surface area contributed by atoms with Crippen LogP contribution in [0.2, 0.25) is 0 Å². The lowest BCUT2D eigenvalue weighted by molar-refractivity contribution is -0.120. The Morgan fingerprint density at radius 2 is 2.15 bits per heavy atom. The predicted octanol–water partition coefficient (Wildman–Crippen LogP) is 2.01. The van der Waals surface area contributed by atoms with Crippen LogP contribution in [0.4, 0.5) is 0 Å². The van der Waals surface area contributed by atoms with Crippen molar-refractivity contribution in [3.05, 3.63) is 29.3 Å². The molecule has 0 spiro atoms. The van der Waals surface area contributed by atoms with Crippen molar-refractivity contribution in [1.82, 2.24) is 0 Å². The summed E-state index contributed by atoms with van der Waals surface area (Å²) in [5.74, 6) is 0.561. The average Bonchev–Trinajstić information content (AvgIpc) is 2.12. The number of ketones is 1. The van der Waals surface area contributed by atoms with Crippen LogP contribution in [0.3, 0.4) is 0 Å². The number of hydrogen-bond acceptors (Lipinski definition) is 2. The van der Waals surface area contributed by atoms with Gasteiger partial charge in [-0.05, 0) is 23.6 Å². The second-order valence-electron chi connectivity index (χ2n) is 3.53.